The molecule has 1 aromatic rings. The summed E-state index contributed by atoms with van der Waals surface area (Å²) in [5.74, 6) is 0.231. The van der Waals surface area contributed by atoms with Crippen molar-refractivity contribution in [2.24, 2.45) is 5.41 Å². The second-order valence-electron chi connectivity index (χ2n) is 8.92. The summed E-state index contributed by atoms with van der Waals surface area (Å²) in [4.78, 5) is 26.2. The molecule has 0 saturated carbocycles. The van der Waals surface area contributed by atoms with E-state index in [0.29, 0.717) is 23.9 Å². The smallest absolute Gasteiger partial charge is 0.243 e. The fraction of sp³-hybridized carbons (Fsp3) is 0.636. The molecule has 0 radical (unpaired) electrons. The van der Waals surface area contributed by atoms with Gasteiger partial charge in [0.15, 0.2) is 0 Å². The first-order chi connectivity index (χ1) is 14.0. The van der Waals surface area contributed by atoms with Gasteiger partial charge in [0.05, 0.1) is 4.90 Å². The van der Waals surface area contributed by atoms with Gasteiger partial charge in [-0.05, 0) is 30.0 Å². The van der Waals surface area contributed by atoms with E-state index >= 15 is 0 Å². The zero-order valence-corrected chi connectivity index (χ0v) is 19.6. The molecule has 1 aliphatic heterocycles. The molecule has 0 aromatic heterocycles. The molecule has 2 rings (SSSR count). The van der Waals surface area contributed by atoms with Gasteiger partial charge in [-0.2, -0.15) is 4.31 Å². The molecule has 168 valence electrons. The number of amides is 2. The van der Waals surface area contributed by atoms with Crippen molar-refractivity contribution in [3.63, 3.8) is 0 Å². The summed E-state index contributed by atoms with van der Waals surface area (Å²) < 4.78 is 27.3. The Bertz CT molecular complexity index is 836. The molecule has 0 spiro atoms. The predicted molar refractivity (Wildman–Crippen MR) is 118 cm³/mol. The van der Waals surface area contributed by atoms with Crippen LogP contribution in [0.4, 0.5) is 0 Å². The molecule has 1 fully saturated rings. The third-order valence-corrected chi connectivity index (χ3v) is 7.51. The van der Waals surface area contributed by atoms with Gasteiger partial charge in [0, 0.05) is 44.6 Å². The average molecular weight is 438 g/mol. The molecular weight excluding hydrogens is 402 g/mol. The van der Waals surface area contributed by atoms with E-state index in [1.807, 2.05) is 32.9 Å². The van der Waals surface area contributed by atoms with Crippen LogP contribution in [0.25, 0.3) is 0 Å². The maximum absolute atomic E-state index is 12.9. The Labute approximate surface area is 180 Å². The van der Waals surface area contributed by atoms with Crippen LogP contribution in [0.3, 0.4) is 0 Å². The van der Waals surface area contributed by atoms with Crippen LogP contribution in [0.1, 0.15) is 58.9 Å². The number of rotatable bonds is 7. The maximum Gasteiger partial charge on any atom is 0.243 e. The molecule has 7 nitrogen and oxygen atoms in total. The Morgan fingerprint density at radius 1 is 1.07 bits per heavy atom. The minimum Gasteiger partial charge on any atom is -0.355 e. The van der Waals surface area contributed by atoms with E-state index in [4.69, 9.17) is 0 Å². The maximum atomic E-state index is 12.9. The van der Waals surface area contributed by atoms with Crippen molar-refractivity contribution in [3.8, 4) is 0 Å². The van der Waals surface area contributed by atoms with E-state index in [-0.39, 0.29) is 37.9 Å². The number of nitrogens with one attached hydrogen (secondary N) is 1. The quantitative estimate of drug-likeness (QED) is 0.710. The number of piperazine rings is 1. The molecule has 1 heterocycles. The van der Waals surface area contributed by atoms with Crippen LogP contribution >= 0.6 is 0 Å². The van der Waals surface area contributed by atoms with E-state index in [1.54, 1.807) is 17.0 Å². The van der Waals surface area contributed by atoms with Gasteiger partial charge in [-0.25, -0.2) is 8.42 Å². The zero-order valence-electron chi connectivity index (χ0n) is 18.8. The molecule has 8 heteroatoms. The third-order valence-electron chi connectivity index (χ3n) is 5.60. The molecule has 2 amide bonds. The Morgan fingerprint density at radius 2 is 1.63 bits per heavy atom. The molecule has 1 N–H and O–H groups in total. The van der Waals surface area contributed by atoms with E-state index in [1.165, 1.54) is 4.31 Å². The lowest BCUT2D eigenvalue weighted by Crippen LogP contribution is -2.51. The third kappa shape index (κ3) is 6.04. The standard InChI is InChI=1S/C22H35N3O4S/c1-6-17(2)18-7-9-19(10-8-18)30(28,29)25-15-13-24(14-16-25)20(26)11-12-23-21(27)22(3,4)5/h7-10,17H,6,11-16H2,1-5H3,(H,23,27). The Morgan fingerprint density at radius 3 is 2.13 bits per heavy atom. The van der Waals surface area contributed by atoms with Crippen LogP contribution < -0.4 is 5.32 Å². The summed E-state index contributed by atoms with van der Waals surface area (Å²) in [5, 5.41) is 2.77. The second-order valence-corrected chi connectivity index (χ2v) is 10.9. The fourth-order valence-electron chi connectivity index (χ4n) is 3.24. The highest BCUT2D eigenvalue weighted by Gasteiger charge is 2.30. The highest BCUT2D eigenvalue weighted by molar-refractivity contribution is 7.89. The predicted octanol–water partition coefficient (Wildman–Crippen LogP) is 2.59. The summed E-state index contributed by atoms with van der Waals surface area (Å²) in [6.07, 6.45) is 1.22. The fourth-order valence-corrected chi connectivity index (χ4v) is 4.66. The lowest BCUT2D eigenvalue weighted by atomic mass is 9.96. The number of sulfonamides is 1. The molecular formula is C22H35N3O4S. The number of carbonyl (C=O) groups excluding carboxylic acids is 2. The van der Waals surface area contributed by atoms with Crippen molar-refractivity contribution in [1.29, 1.82) is 0 Å². The van der Waals surface area contributed by atoms with Crippen LogP contribution in [0.5, 0.6) is 0 Å². The molecule has 0 bridgehead atoms. The van der Waals surface area contributed by atoms with Crippen molar-refractivity contribution in [3.05, 3.63) is 29.8 Å². The van der Waals surface area contributed by atoms with Crippen LogP contribution in [0.2, 0.25) is 0 Å². The SMILES string of the molecule is CCC(C)c1ccc(S(=O)(=O)N2CCN(C(=O)CCNC(=O)C(C)(C)C)CC2)cc1. The summed E-state index contributed by atoms with van der Waals surface area (Å²) in [6, 6.07) is 7.11. The normalized spacial score (nSPS) is 16.9. The molecule has 30 heavy (non-hydrogen) atoms. The van der Waals surface area contributed by atoms with Gasteiger partial charge in [0.1, 0.15) is 0 Å². The topological polar surface area (TPSA) is 86.8 Å². The Kier molecular flexibility index (Phi) is 8.05. The molecule has 1 aliphatic rings. The monoisotopic (exact) mass is 437 g/mol. The Hall–Kier alpha value is -1.93. The van der Waals surface area contributed by atoms with Crippen molar-refractivity contribution < 1.29 is 18.0 Å². The molecule has 1 saturated heterocycles. The average Bonchev–Trinajstić information content (AvgIpc) is 2.72. The van der Waals surface area contributed by atoms with Crippen LogP contribution in [0.15, 0.2) is 29.2 Å². The summed E-state index contributed by atoms with van der Waals surface area (Å²) in [6.45, 7) is 11.2. The Balaban J connectivity index is 1.88. The summed E-state index contributed by atoms with van der Waals surface area (Å²) in [5.41, 5.74) is 0.640. The van der Waals surface area contributed by atoms with E-state index in [2.05, 4.69) is 19.2 Å². The largest absolute Gasteiger partial charge is 0.355 e. The number of hydrogen-bond donors (Lipinski definition) is 1. The first-order valence-corrected chi connectivity index (χ1v) is 12.1. The van der Waals surface area contributed by atoms with Crippen LogP contribution in [-0.4, -0.2) is 62.2 Å². The lowest BCUT2D eigenvalue weighted by molar-refractivity contribution is -0.132. The number of carbonyl (C=O) groups is 2. The van der Waals surface area contributed by atoms with Gasteiger partial charge < -0.3 is 10.2 Å². The minimum absolute atomic E-state index is 0.0702. The van der Waals surface area contributed by atoms with Gasteiger partial charge in [-0.15, -0.1) is 0 Å². The van der Waals surface area contributed by atoms with Gasteiger partial charge in [-0.3, -0.25) is 9.59 Å². The van der Waals surface area contributed by atoms with Gasteiger partial charge in [0.25, 0.3) is 0 Å². The van der Waals surface area contributed by atoms with Crippen LogP contribution in [0, 0.1) is 5.41 Å². The van der Waals surface area contributed by atoms with Gasteiger partial charge >= 0.3 is 0 Å². The van der Waals surface area contributed by atoms with Gasteiger partial charge in [-0.1, -0.05) is 46.8 Å². The highest BCUT2D eigenvalue weighted by Crippen LogP contribution is 2.23. The van der Waals surface area contributed by atoms with Crippen molar-refractivity contribution in [2.45, 2.75) is 58.3 Å². The lowest BCUT2D eigenvalue weighted by Gasteiger charge is -2.34. The van der Waals surface area contributed by atoms with Crippen LogP contribution in [-0.2, 0) is 19.6 Å². The van der Waals surface area contributed by atoms with Gasteiger partial charge in [0.2, 0.25) is 21.8 Å². The zero-order chi connectivity index (χ0) is 22.5. The summed E-state index contributed by atoms with van der Waals surface area (Å²) in [7, 11) is -3.57. The number of benzene rings is 1. The molecule has 0 aliphatic carbocycles. The number of hydrogen-bond acceptors (Lipinski definition) is 4. The van der Waals surface area contributed by atoms with E-state index in [9.17, 15) is 18.0 Å². The molecule has 1 unspecified atom stereocenters. The second kappa shape index (κ2) is 9.92. The van der Waals surface area contributed by atoms with Crippen molar-refractivity contribution in [2.75, 3.05) is 32.7 Å². The van der Waals surface area contributed by atoms with Crippen molar-refractivity contribution in [1.82, 2.24) is 14.5 Å². The first-order valence-electron chi connectivity index (χ1n) is 10.6. The molecule has 1 aromatic carbocycles. The summed E-state index contributed by atoms with van der Waals surface area (Å²) >= 11 is 0. The number of nitrogens with zero attached hydrogens (tertiary/aromatic N) is 2. The molecule has 1 atom stereocenters. The van der Waals surface area contributed by atoms with Crippen molar-refractivity contribution >= 4 is 21.8 Å². The highest BCUT2D eigenvalue weighted by atomic mass is 32.2. The van der Waals surface area contributed by atoms with E-state index < -0.39 is 15.4 Å². The minimum atomic E-state index is -3.57. The van der Waals surface area contributed by atoms with E-state index in [0.717, 1.165) is 12.0 Å². The first kappa shape index (κ1) is 24.3.